The SMILES string of the molecule is C=CC(=O)OCOc1ccc2cc(-c3ccccc3)n(CC(C)C)c2c1. The standard InChI is InChI=1S/C22H23NO3/c1-4-22(24)26-15-25-19-11-10-18-12-20(17-8-6-5-7-9-17)23(14-16(2)3)21(18)13-19/h4-13,16H,1,14-15H2,2-3H3. The molecule has 134 valence electrons. The van der Waals surface area contributed by atoms with Crippen LogP contribution in [0.3, 0.4) is 0 Å². The second kappa shape index (κ2) is 7.91. The molecular weight excluding hydrogens is 326 g/mol. The van der Waals surface area contributed by atoms with Crippen molar-refractivity contribution in [3.05, 3.63) is 67.3 Å². The summed E-state index contributed by atoms with van der Waals surface area (Å²) in [7, 11) is 0. The van der Waals surface area contributed by atoms with Gasteiger partial charge in [-0.1, -0.05) is 50.8 Å². The number of fused-ring (bicyclic) bond motifs is 1. The fourth-order valence-corrected chi connectivity index (χ4v) is 2.95. The minimum Gasteiger partial charge on any atom is -0.457 e. The van der Waals surface area contributed by atoms with Gasteiger partial charge in [0.1, 0.15) is 5.75 Å². The first-order valence-corrected chi connectivity index (χ1v) is 8.69. The van der Waals surface area contributed by atoms with E-state index in [1.807, 2.05) is 24.3 Å². The van der Waals surface area contributed by atoms with Gasteiger partial charge in [-0.15, -0.1) is 0 Å². The summed E-state index contributed by atoms with van der Waals surface area (Å²) in [6, 6.07) is 18.5. The molecule has 3 aromatic rings. The average Bonchev–Trinajstić information content (AvgIpc) is 2.99. The van der Waals surface area contributed by atoms with Gasteiger partial charge in [0.15, 0.2) is 0 Å². The van der Waals surface area contributed by atoms with Crippen LogP contribution >= 0.6 is 0 Å². The fraction of sp³-hybridized carbons (Fsp3) is 0.227. The molecule has 2 aromatic carbocycles. The van der Waals surface area contributed by atoms with Gasteiger partial charge >= 0.3 is 5.97 Å². The number of hydrogen-bond donors (Lipinski definition) is 0. The van der Waals surface area contributed by atoms with E-state index in [1.165, 1.54) is 11.3 Å². The molecule has 0 spiro atoms. The molecule has 1 heterocycles. The number of hydrogen-bond acceptors (Lipinski definition) is 3. The summed E-state index contributed by atoms with van der Waals surface area (Å²) in [5, 5.41) is 1.15. The molecular formula is C22H23NO3. The molecule has 0 atom stereocenters. The predicted octanol–water partition coefficient (Wildman–Crippen LogP) is 5.03. The fourth-order valence-electron chi connectivity index (χ4n) is 2.95. The van der Waals surface area contributed by atoms with Crippen LogP contribution in [0.4, 0.5) is 0 Å². The molecule has 4 nitrogen and oxygen atoms in total. The van der Waals surface area contributed by atoms with Crippen molar-refractivity contribution in [1.82, 2.24) is 4.57 Å². The Balaban J connectivity index is 1.96. The van der Waals surface area contributed by atoms with Crippen molar-refractivity contribution in [2.24, 2.45) is 5.92 Å². The van der Waals surface area contributed by atoms with E-state index in [9.17, 15) is 4.79 Å². The molecule has 26 heavy (non-hydrogen) atoms. The van der Waals surface area contributed by atoms with E-state index in [0.717, 1.165) is 23.5 Å². The van der Waals surface area contributed by atoms with Gasteiger partial charge in [0.2, 0.25) is 6.79 Å². The van der Waals surface area contributed by atoms with Crippen LogP contribution in [0.15, 0.2) is 67.3 Å². The summed E-state index contributed by atoms with van der Waals surface area (Å²) in [6.45, 7) is 8.55. The van der Waals surface area contributed by atoms with Crippen molar-refractivity contribution < 1.29 is 14.3 Å². The predicted molar refractivity (Wildman–Crippen MR) is 104 cm³/mol. The van der Waals surface area contributed by atoms with Crippen molar-refractivity contribution in [3.63, 3.8) is 0 Å². The summed E-state index contributed by atoms with van der Waals surface area (Å²) in [5.41, 5.74) is 3.47. The third-order valence-electron chi connectivity index (χ3n) is 4.09. The van der Waals surface area contributed by atoms with Crippen molar-refractivity contribution in [1.29, 1.82) is 0 Å². The Hall–Kier alpha value is -3.01. The normalized spacial score (nSPS) is 10.9. The van der Waals surface area contributed by atoms with E-state index in [1.54, 1.807) is 0 Å². The third-order valence-corrected chi connectivity index (χ3v) is 4.09. The average molecular weight is 349 g/mol. The number of benzene rings is 2. The van der Waals surface area contributed by atoms with Crippen LogP contribution in [-0.4, -0.2) is 17.3 Å². The maximum Gasteiger partial charge on any atom is 0.333 e. The molecule has 3 rings (SSSR count). The Morgan fingerprint density at radius 2 is 1.92 bits per heavy atom. The van der Waals surface area contributed by atoms with E-state index < -0.39 is 5.97 Å². The maximum atomic E-state index is 11.1. The Kier molecular flexibility index (Phi) is 5.42. The van der Waals surface area contributed by atoms with E-state index in [-0.39, 0.29) is 6.79 Å². The van der Waals surface area contributed by atoms with Gasteiger partial charge in [-0.05, 0) is 29.7 Å². The van der Waals surface area contributed by atoms with E-state index >= 15 is 0 Å². The van der Waals surface area contributed by atoms with Crippen LogP contribution in [0, 0.1) is 5.92 Å². The van der Waals surface area contributed by atoms with Crippen LogP contribution in [0.2, 0.25) is 0 Å². The number of esters is 1. The van der Waals surface area contributed by atoms with Crippen LogP contribution in [0.25, 0.3) is 22.2 Å². The number of nitrogens with zero attached hydrogens (tertiary/aromatic N) is 1. The highest BCUT2D eigenvalue weighted by molar-refractivity contribution is 5.88. The van der Waals surface area contributed by atoms with Gasteiger partial charge in [0.05, 0.1) is 5.52 Å². The smallest absolute Gasteiger partial charge is 0.333 e. The molecule has 0 N–H and O–H groups in total. The molecule has 0 saturated heterocycles. The lowest BCUT2D eigenvalue weighted by molar-refractivity contribution is -0.144. The highest BCUT2D eigenvalue weighted by Gasteiger charge is 2.13. The van der Waals surface area contributed by atoms with Crippen LogP contribution in [-0.2, 0) is 16.1 Å². The third kappa shape index (κ3) is 3.97. The Morgan fingerprint density at radius 3 is 2.62 bits per heavy atom. The van der Waals surface area contributed by atoms with Crippen LogP contribution < -0.4 is 4.74 Å². The van der Waals surface area contributed by atoms with Crippen LogP contribution in [0.1, 0.15) is 13.8 Å². The molecule has 0 fully saturated rings. The molecule has 1 aromatic heterocycles. The second-order valence-electron chi connectivity index (χ2n) is 6.55. The highest BCUT2D eigenvalue weighted by atomic mass is 16.7. The lowest BCUT2D eigenvalue weighted by Gasteiger charge is -2.14. The number of carbonyl (C=O) groups is 1. The summed E-state index contributed by atoms with van der Waals surface area (Å²) in [6.07, 6.45) is 1.12. The van der Waals surface area contributed by atoms with Gasteiger partial charge in [-0.3, -0.25) is 0 Å². The molecule has 0 aliphatic carbocycles. The zero-order valence-electron chi connectivity index (χ0n) is 15.1. The molecule has 0 bridgehead atoms. The second-order valence-corrected chi connectivity index (χ2v) is 6.55. The van der Waals surface area contributed by atoms with Crippen molar-refractivity contribution >= 4 is 16.9 Å². The van der Waals surface area contributed by atoms with E-state index in [2.05, 4.69) is 55.3 Å². The van der Waals surface area contributed by atoms with Crippen LogP contribution in [0.5, 0.6) is 5.75 Å². The number of aromatic nitrogens is 1. The molecule has 0 aliphatic rings. The zero-order valence-corrected chi connectivity index (χ0v) is 15.1. The first-order chi connectivity index (χ1) is 12.6. The first-order valence-electron chi connectivity index (χ1n) is 8.69. The monoisotopic (exact) mass is 349 g/mol. The Labute approximate surface area is 153 Å². The molecule has 0 saturated carbocycles. The molecule has 0 radical (unpaired) electrons. The summed E-state index contributed by atoms with van der Waals surface area (Å²) in [4.78, 5) is 11.1. The summed E-state index contributed by atoms with van der Waals surface area (Å²) < 4.78 is 12.8. The lowest BCUT2D eigenvalue weighted by Crippen LogP contribution is -2.08. The van der Waals surface area contributed by atoms with Crippen molar-refractivity contribution in [2.75, 3.05) is 6.79 Å². The zero-order chi connectivity index (χ0) is 18.5. The van der Waals surface area contributed by atoms with E-state index in [4.69, 9.17) is 9.47 Å². The number of rotatable bonds is 7. The summed E-state index contributed by atoms with van der Waals surface area (Å²) in [5.74, 6) is 0.670. The highest BCUT2D eigenvalue weighted by Crippen LogP contribution is 2.31. The summed E-state index contributed by atoms with van der Waals surface area (Å²) >= 11 is 0. The van der Waals surface area contributed by atoms with Crippen molar-refractivity contribution in [2.45, 2.75) is 20.4 Å². The number of ether oxygens (including phenoxy) is 2. The number of carbonyl (C=O) groups excluding carboxylic acids is 1. The minimum absolute atomic E-state index is 0.132. The molecule has 4 heteroatoms. The van der Waals surface area contributed by atoms with Gasteiger partial charge in [-0.2, -0.15) is 0 Å². The quantitative estimate of drug-likeness (QED) is 0.341. The van der Waals surface area contributed by atoms with Gasteiger partial charge < -0.3 is 14.0 Å². The van der Waals surface area contributed by atoms with Gasteiger partial charge in [0.25, 0.3) is 0 Å². The minimum atomic E-state index is -0.499. The lowest BCUT2D eigenvalue weighted by atomic mass is 10.1. The Bertz CT molecular complexity index is 910. The van der Waals surface area contributed by atoms with Gasteiger partial charge in [-0.25, -0.2) is 4.79 Å². The maximum absolute atomic E-state index is 11.1. The van der Waals surface area contributed by atoms with Crippen molar-refractivity contribution in [3.8, 4) is 17.0 Å². The Morgan fingerprint density at radius 1 is 1.15 bits per heavy atom. The molecule has 0 unspecified atom stereocenters. The first kappa shape index (κ1) is 17.8. The topological polar surface area (TPSA) is 40.5 Å². The molecule has 0 amide bonds. The van der Waals surface area contributed by atoms with E-state index in [0.29, 0.717) is 11.7 Å². The van der Waals surface area contributed by atoms with Gasteiger partial charge in [0, 0.05) is 29.8 Å². The molecule has 0 aliphatic heterocycles. The largest absolute Gasteiger partial charge is 0.457 e.